The van der Waals surface area contributed by atoms with Crippen LogP contribution in [0.4, 0.5) is 24.7 Å². The Morgan fingerprint density at radius 3 is 2.40 bits per heavy atom. The van der Waals surface area contributed by atoms with Gasteiger partial charge >= 0.3 is 6.18 Å². The van der Waals surface area contributed by atoms with E-state index in [1.54, 1.807) is 0 Å². The molecule has 9 heteroatoms. The van der Waals surface area contributed by atoms with Crippen molar-refractivity contribution in [1.82, 2.24) is 9.97 Å². The van der Waals surface area contributed by atoms with Gasteiger partial charge in [0.25, 0.3) is 0 Å². The Hall–Kier alpha value is -1.24. The van der Waals surface area contributed by atoms with Gasteiger partial charge < -0.3 is 5.32 Å². The average Bonchev–Trinajstić information content (AvgIpc) is 2.32. The number of anilines is 2. The summed E-state index contributed by atoms with van der Waals surface area (Å²) in [5, 5.41) is 2.57. The molecule has 106 valence electrons. The van der Waals surface area contributed by atoms with Gasteiger partial charge in [0.2, 0.25) is 5.28 Å². The Morgan fingerprint density at radius 2 is 1.75 bits per heavy atom. The molecule has 0 atom stereocenters. The van der Waals surface area contributed by atoms with Crippen molar-refractivity contribution in [3.05, 3.63) is 45.3 Å². The molecule has 1 heterocycles. The maximum absolute atomic E-state index is 12.7. The maximum Gasteiger partial charge on any atom is 0.416 e. The summed E-state index contributed by atoms with van der Waals surface area (Å²) in [7, 11) is 0. The average molecular weight is 343 g/mol. The van der Waals surface area contributed by atoms with Crippen molar-refractivity contribution in [2.45, 2.75) is 6.18 Å². The van der Waals surface area contributed by atoms with E-state index in [2.05, 4.69) is 15.3 Å². The highest BCUT2D eigenvalue weighted by molar-refractivity contribution is 6.33. The normalized spacial score (nSPS) is 11.5. The van der Waals surface area contributed by atoms with Crippen molar-refractivity contribution < 1.29 is 13.2 Å². The minimum atomic E-state index is -4.51. The fourth-order valence-corrected chi connectivity index (χ4v) is 1.90. The van der Waals surface area contributed by atoms with Crippen LogP contribution >= 0.6 is 34.8 Å². The van der Waals surface area contributed by atoms with Crippen LogP contribution in [-0.4, -0.2) is 9.97 Å². The fraction of sp³-hybridized carbons (Fsp3) is 0.0909. The van der Waals surface area contributed by atoms with Gasteiger partial charge in [0.15, 0.2) is 5.82 Å². The molecule has 0 radical (unpaired) electrons. The van der Waals surface area contributed by atoms with Crippen molar-refractivity contribution in [2.24, 2.45) is 0 Å². The molecule has 0 amide bonds. The Morgan fingerprint density at radius 1 is 1.05 bits per heavy atom. The SMILES string of the molecule is FC(F)(F)c1cc(Cl)cc(Nc2nc(Cl)ncc2Cl)c1. The minimum Gasteiger partial charge on any atom is -0.339 e. The molecule has 1 aromatic carbocycles. The number of alkyl halides is 3. The van der Waals surface area contributed by atoms with E-state index in [0.717, 1.165) is 12.1 Å². The first-order chi connectivity index (χ1) is 9.25. The zero-order chi connectivity index (χ0) is 14.9. The molecule has 0 fully saturated rings. The van der Waals surface area contributed by atoms with Gasteiger partial charge in [-0.2, -0.15) is 18.2 Å². The molecular weight excluding hydrogens is 337 g/mol. The largest absolute Gasteiger partial charge is 0.416 e. The van der Waals surface area contributed by atoms with Crippen molar-refractivity contribution in [3.8, 4) is 0 Å². The topological polar surface area (TPSA) is 37.8 Å². The van der Waals surface area contributed by atoms with Crippen molar-refractivity contribution >= 4 is 46.3 Å². The zero-order valence-corrected chi connectivity index (χ0v) is 11.7. The van der Waals surface area contributed by atoms with Gasteiger partial charge in [-0.3, -0.25) is 0 Å². The van der Waals surface area contributed by atoms with E-state index in [1.165, 1.54) is 12.3 Å². The summed E-state index contributed by atoms with van der Waals surface area (Å²) < 4.78 is 38.0. The second-order valence-corrected chi connectivity index (χ2v) is 4.87. The van der Waals surface area contributed by atoms with Crippen LogP contribution in [0.15, 0.2) is 24.4 Å². The van der Waals surface area contributed by atoms with E-state index in [1.807, 2.05) is 0 Å². The van der Waals surface area contributed by atoms with Gasteiger partial charge in [-0.25, -0.2) is 4.98 Å². The standard InChI is InChI=1S/C11H5Cl3F3N3/c12-6-1-5(11(15,16)17)2-7(3-6)19-9-8(13)4-18-10(14)20-9/h1-4H,(H,18,19,20). The third kappa shape index (κ3) is 3.65. The van der Waals surface area contributed by atoms with E-state index in [0.29, 0.717) is 0 Å². The van der Waals surface area contributed by atoms with Gasteiger partial charge in [0.05, 0.1) is 11.8 Å². The molecule has 3 nitrogen and oxygen atoms in total. The van der Waals surface area contributed by atoms with Crippen molar-refractivity contribution in [2.75, 3.05) is 5.32 Å². The number of benzene rings is 1. The molecule has 0 spiro atoms. The van der Waals surface area contributed by atoms with Gasteiger partial charge in [0.1, 0.15) is 5.02 Å². The first-order valence-electron chi connectivity index (χ1n) is 5.08. The third-order valence-corrected chi connectivity index (χ3v) is 2.88. The Balaban J connectivity index is 2.39. The van der Waals surface area contributed by atoms with Crippen LogP contribution in [0.2, 0.25) is 15.3 Å². The van der Waals surface area contributed by atoms with Gasteiger partial charge in [-0.05, 0) is 29.8 Å². The molecule has 1 N–H and O–H groups in total. The number of nitrogens with zero attached hydrogens (tertiary/aromatic N) is 2. The van der Waals surface area contributed by atoms with E-state index < -0.39 is 11.7 Å². The molecule has 1 aromatic heterocycles. The predicted molar refractivity (Wildman–Crippen MR) is 71.8 cm³/mol. The summed E-state index contributed by atoms with van der Waals surface area (Å²) >= 11 is 17.1. The maximum atomic E-state index is 12.7. The van der Waals surface area contributed by atoms with E-state index >= 15 is 0 Å². The summed E-state index contributed by atoms with van der Waals surface area (Å²) in [5.74, 6) is 0.0852. The molecule has 0 aliphatic carbocycles. The highest BCUT2D eigenvalue weighted by Crippen LogP contribution is 2.34. The smallest absolute Gasteiger partial charge is 0.339 e. The molecule has 0 unspecified atom stereocenters. The summed E-state index contributed by atoms with van der Waals surface area (Å²) in [4.78, 5) is 7.41. The van der Waals surface area contributed by atoms with E-state index in [9.17, 15) is 13.2 Å². The number of nitrogens with one attached hydrogen (secondary N) is 1. The lowest BCUT2D eigenvalue weighted by Gasteiger charge is -2.12. The Labute approximate surface area is 126 Å². The molecule has 0 saturated heterocycles. The third-order valence-electron chi connectivity index (χ3n) is 2.20. The molecule has 2 rings (SSSR count). The number of rotatable bonds is 2. The van der Waals surface area contributed by atoms with E-state index in [4.69, 9.17) is 34.8 Å². The quantitative estimate of drug-likeness (QED) is 0.762. The molecule has 0 aliphatic heterocycles. The molecule has 2 aromatic rings. The first-order valence-corrected chi connectivity index (χ1v) is 6.22. The lowest BCUT2D eigenvalue weighted by molar-refractivity contribution is -0.137. The molecule has 0 aliphatic rings. The number of halogens is 6. The summed E-state index contributed by atoms with van der Waals surface area (Å²) in [6.07, 6.45) is -3.27. The lowest BCUT2D eigenvalue weighted by Crippen LogP contribution is -2.06. The molecule has 0 bridgehead atoms. The van der Waals surface area contributed by atoms with Crippen molar-refractivity contribution in [1.29, 1.82) is 0 Å². The van der Waals surface area contributed by atoms with Crippen LogP contribution in [0, 0.1) is 0 Å². The van der Waals surface area contributed by atoms with Crippen LogP contribution < -0.4 is 5.32 Å². The first kappa shape index (κ1) is 15.2. The Kier molecular flexibility index (Phi) is 4.27. The van der Waals surface area contributed by atoms with Gasteiger partial charge in [-0.15, -0.1) is 0 Å². The lowest BCUT2D eigenvalue weighted by atomic mass is 10.2. The number of hydrogen-bond acceptors (Lipinski definition) is 3. The highest BCUT2D eigenvalue weighted by Gasteiger charge is 2.31. The second-order valence-electron chi connectivity index (χ2n) is 3.69. The summed E-state index contributed by atoms with van der Waals surface area (Å²) in [6, 6.07) is 3.02. The Bertz CT molecular complexity index is 647. The van der Waals surface area contributed by atoms with Crippen LogP contribution in [0.25, 0.3) is 0 Å². The minimum absolute atomic E-state index is 0.0707. The van der Waals surface area contributed by atoms with Crippen LogP contribution in [0.1, 0.15) is 5.56 Å². The van der Waals surface area contributed by atoms with Gasteiger partial charge in [-0.1, -0.05) is 23.2 Å². The summed E-state index contributed by atoms with van der Waals surface area (Å²) in [5.41, 5.74) is -0.801. The number of aromatic nitrogens is 2. The van der Waals surface area contributed by atoms with E-state index in [-0.39, 0.29) is 26.8 Å². The van der Waals surface area contributed by atoms with Gasteiger partial charge in [0, 0.05) is 10.7 Å². The van der Waals surface area contributed by atoms with Crippen LogP contribution in [-0.2, 0) is 6.18 Å². The molecule has 20 heavy (non-hydrogen) atoms. The highest BCUT2D eigenvalue weighted by atomic mass is 35.5. The van der Waals surface area contributed by atoms with Crippen molar-refractivity contribution in [3.63, 3.8) is 0 Å². The zero-order valence-electron chi connectivity index (χ0n) is 9.47. The monoisotopic (exact) mass is 341 g/mol. The van der Waals surface area contributed by atoms with Crippen LogP contribution in [0.3, 0.4) is 0 Å². The second kappa shape index (κ2) is 5.63. The molecular formula is C11H5Cl3F3N3. The number of hydrogen-bond donors (Lipinski definition) is 1. The fourth-order valence-electron chi connectivity index (χ4n) is 1.40. The summed E-state index contributed by atoms with van der Waals surface area (Å²) in [6.45, 7) is 0. The van der Waals surface area contributed by atoms with Crippen LogP contribution in [0.5, 0.6) is 0 Å². The molecule has 0 saturated carbocycles. The predicted octanol–water partition coefficient (Wildman–Crippen LogP) is 5.20.